The highest BCUT2D eigenvalue weighted by atomic mass is 32.1. The Hall–Kier alpha value is -2.14. The van der Waals surface area contributed by atoms with Gasteiger partial charge in [0.25, 0.3) is 0 Å². The molecule has 0 saturated carbocycles. The standard InChI is InChI=1S/C15H15FN2OS/c1-18(2)11-4-3-5-12(9-11)19-14-7-6-10(16)8-13(14)15(17)20/h3-9H,1-2H3,(H2,17,20). The molecule has 0 saturated heterocycles. The van der Waals surface area contributed by atoms with Gasteiger partial charge in [0.2, 0.25) is 0 Å². The topological polar surface area (TPSA) is 38.5 Å². The molecule has 0 atom stereocenters. The zero-order valence-electron chi connectivity index (χ0n) is 11.3. The zero-order chi connectivity index (χ0) is 14.7. The second kappa shape index (κ2) is 5.88. The van der Waals surface area contributed by atoms with E-state index in [0.717, 1.165) is 5.69 Å². The maximum absolute atomic E-state index is 13.2. The molecular formula is C15H15FN2OS. The molecule has 2 N–H and O–H groups in total. The fourth-order valence-corrected chi connectivity index (χ4v) is 1.90. The molecule has 2 rings (SSSR count). The van der Waals surface area contributed by atoms with Crippen LogP contribution in [0.25, 0.3) is 0 Å². The van der Waals surface area contributed by atoms with Crippen LogP contribution >= 0.6 is 12.2 Å². The van der Waals surface area contributed by atoms with Gasteiger partial charge in [0.05, 0.1) is 5.56 Å². The van der Waals surface area contributed by atoms with Gasteiger partial charge in [0.1, 0.15) is 22.3 Å². The summed E-state index contributed by atoms with van der Waals surface area (Å²) in [6, 6.07) is 11.7. The minimum atomic E-state index is -0.401. The number of nitrogens with zero attached hydrogens (tertiary/aromatic N) is 1. The van der Waals surface area contributed by atoms with E-state index < -0.39 is 5.82 Å². The normalized spacial score (nSPS) is 10.2. The van der Waals surface area contributed by atoms with E-state index in [4.69, 9.17) is 22.7 Å². The Balaban J connectivity index is 2.35. The van der Waals surface area contributed by atoms with Crippen LogP contribution in [0.3, 0.4) is 0 Å². The fourth-order valence-electron chi connectivity index (χ4n) is 1.74. The number of nitrogens with two attached hydrogens (primary N) is 1. The summed E-state index contributed by atoms with van der Waals surface area (Å²) in [5.41, 5.74) is 6.98. The number of hydrogen-bond acceptors (Lipinski definition) is 3. The highest BCUT2D eigenvalue weighted by Crippen LogP contribution is 2.28. The van der Waals surface area contributed by atoms with Gasteiger partial charge in [-0.15, -0.1) is 0 Å². The second-order valence-corrected chi connectivity index (χ2v) is 4.94. The summed E-state index contributed by atoms with van der Waals surface area (Å²) in [5, 5.41) is 0. The lowest BCUT2D eigenvalue weighted by Gasteiger charge is -2.15. The molecule has 0 aliphatic carbocycles. The van der Waals surface area contributed by atoms with Crippen molar-refractivity contribution in [1.82, 2.24) is 0 Å². The van der Waals surface area contributed by atoms with Gasteiger partial charge < -0.3 is 15.4 Å². The van der Waals surface area contributed by atoms with Gasteiger partial charge in [-0.2, -0.15) is 0 Å². The van der Waals surface area contributed by atoms with Crippen molar-refractivity contribution in [2.45, 2.75) is 0 Å². The largest absolute Gasteiger partial charge is 0.457 e. The molecule has 2 aromatic carbocycles. The van der Waals surface area contributed by atoms with Gasteiger partial charge in [-0.05, 0) is 30.3 Å². The first-order valence-electron chi connectivity index (χ1n) is 6.02. The molecule has 0 amide bonds. The van der Waals surface area contributed by atoms with E-state index >= 15 is 0 Å². The quantitative estimate of drug-likeness (QED) is 0.877. The molecule has 0 bridgehead atoms. The lowest BCUT2D eigenvalue weighted by Crippen LogP contribution is -2.11. The Morgan fingerprint density at radius 3 is 2.60 bits per heavy atom. The third-order valence-corrected chi connectivity index (χ3v) is 2.99. The highest BCUT2D eigenvalue weighted by Gasteiger charge is 2.09. The smallest absolute Gasteiger partial charge is 0.137 e. The van der Waals surface area contributed by atoms with Crippen molar-refractivity contribution in [1.29, 1.82) is 0 Å². The first-order chi connectivity index (χ1) is 9.47. The van der Waals surface area contributed by atoms with Crippen LogP contribution in [0, 0.1) is 5.82 Å². The van der Waals surface area contributed by atoms with Gasteiger partial charge in [-0.25, -0.2) is 4.39 Å². The third-order valence-electron chi connectivity index (χ3n) is 2.77. The molecule has 0 aliphatic heterocycles. The van der Waals surface area contributed by atoms with E-state index in [1.165, 1.54) is 18.2 Å². The molecule has 0 aliphatic rings. The van der Waals surface area contributed by atoms with Crippen molar-refractivity contribution in [3.05, 3.63) is 53.8 Å². The average Bonchev–Trinajstić information content (AvgIpc) is 2.41. The molecule has 0 aromatic heterocycles. The Morgan fingerprint density at radius 1 is 1.20 bits per heavy atom. The summed E-state index contributed by atoms with van der Waals surface area (Å²) in [4.78, 5) is 2.06. The number of halogens is 1. The number of thiocarbonyl (C=S) groups is 1. The average molecular weight is 290 g/mol. The van der Waals surface area contributed by atoms with Crippen molar-refractivity contribution >= 4 is 22.9 Å². The minimum absolute atomic E-state index is 0.100. The number of rotatable bonds is 4. The van der Waals surface area contributed by atoms with Gasteiger partial charge in [-0.1, -0.05) is 18.3 Å². The van der Waals surface area contributed by atoms with E-state index in [1.807, 2.05) is 43.3 Å². The molecule has 0 unspecified atom stereocenters. The molecule has 0 heterocycles. The van der Waals surface area contributed by atoms with Crippen LogP contribution in [0.4, 0.5) is 10.1 Å². The molecule has 2 aromatic rings. The lowest BCUT2D eigenvalue weighted by atomic mass is 10.2. The number of benzene rings is 2. The molecule has 0 spiro atoms. The van der Waals surface area contributed by atoms with Crippen LogP contribution in [0.15, 0.2) is 42.5 Å². The van der Waals surface area contributed by atoms with Crippen LogP contribution in [0.5, 0.6) is 11.5 Å². The number of anilines is 1. The Labute approximate surface area is 122 Å². The summed E-state index contributed by atoms with van der Waals surface area (Å²) in [7, 11) is 3.88. The van der Waals surface area contributed by atoms with E-state index in [2.05, 4.69) is 0 Å². The van der Waals surface area contributed by atoms with Crippen LogP contribution in [-0.2, 0) is 0 Å². The molecule has 104 valence electrons. The second-order valence-electron chi connectivity index (χ2n) is 4.50. The van der Waals surface area contributed by atoms with E-state index in [-0.39, 0.29) is 4.99 Å². The number of hydrogen-bond donors (Lipinski definition) is 1. The Kier molecular flexibility index (Phi) is 4.20. The predicted molar refractivity (Wildman–Crippen MR) is 83.1 cm³/mol. The summed E-state index contributed by atoms with van der Waals surface area (Å²) in [6.07, 6.45) is 0. The number of ether oxygens (including phenoxy) is 1. The highest BCUT2D eigenvalue weighted by molar-refractivity contribution is 7.80. The first kappa shape index (κ1) is 14.3. The summed E-state index contributed by atoms with van der Waals surface area (Å²) in [5.74, 6) is 0.678. The van der Waals surface area contributed by atoms with Gasteiger partial charge in [0, 0.05) is 25.8 Å². The van der Waals surface area contributed by atoms with E-state index in [9.17, 15) is 4.39 Å². The van der Waals surface area contributed by atoms with Gasteiger partial charge in [0.15, 0.2) is 0 Å². The maximum atomic E-state index is 13.2. The molecule has 3 nitrogen and oxygen atoms in total. The third kappa shape index (κ3) is 3.24. The van der Waals surface area contributed by atoms with Crippen molar-refractivity contribution in [2.75, 3.05) is 19.0 Å². The molecule has 0 fully saturated rings. The molecule has 5 heteroatoms. The van der Waals surface area contributed by atoms with Gasteiger partial charge >= 0.3 is 0 Å². The molecule has 20 heavy (non-hydrogen) atoms. The van der Waals surface area contributed by atoms with E-state index in [0.29, 0.717) is 17.1 Å². The SMILES string of the molecule is CN(C)c1cccc(Oc2ccc(F)cc2C(N)=S)c1. The first-order valence-corrected chi connectivity index (χ1v) is 6.43. The minimum Gasteiger partial charge on any atom is -0.457 e. The van der Waals surface area contributed by atoms with Crippen LogP contribution in [0.1, 0.15) is 5.56 Å². The maximum Gasteiger partial charge on any atom is 0.137 e. The predicted octanol–water partition coefficient (Wildman–Crippen LogP) is 3.32. The van der Waals surface area contributed by atoms with E-state index in [1.54, 1.807) is 0 Å². The van der Waals surface area contributed by atoms with Crippen molar-refractivity contribution in [3.63, 3.8) is 0 Å². The lowest BCUT2D eigenvalue weighted by molar-refractivity contribution is 0.479. The summed E-state index contributed by atoms with van der Waals surface area (Å²) >= 11 is 4.92. The Morgan fingerprint density at radius 2 is 1.95 bits per heavy atom. The molecule has 0 radical (unpaired) electrons. The van der Waals surface area contributed by atoms with Gasteiger partial charge in [-0.3, -0.25) is 0 Å². The van der Waals surface area contributed by atoms with Crippen LogP contribution in [0.2, 0.25) is 0 Å². The summed E-state index contributed by atoms with van der Waals surface area (Å²) < 4.78 is 19.0. The van der Waals surface area contributed by atoms with Crippen molar-refractivity contribution in [3.8, 4) is 11.5 Å². The van der Waals surface area contributed by atoms with Crippen molar-refractivity contribution < 1.29 is 9.13 Å². The monoisotopic (exact) mass is 290 g/mol. The van der Waals surface area contributed by atoms with Crippen molar-refractivity contribution in [2.24, 2.45) is 5.73 Å². The fraction of sp³-hybridized carbons (Fsp3) is 0.133. The zero-order valence-corrected chi connectivity index (χ0v) is 12.1. The van der Waals surface area contributed by atoms with Crippen LogP contribution < -0.4 is 15.4 Å². The van der Waals surface area contributed by atoms with Crippen LogP contribution in [-0.4, -0.2) is 19.1 Å². The Bertz CT molecular complexity index is 644. The summed E-state index contributed by atoms with van der Waals surface area (Å²) in [6.45, 7) is 0. The molecular weight excluding hydrogens is 275 g/mol.